The van der Waals surface area contributed by atoms with Crippen molar-refractivity contribution in [1.82, 2.24) is 25.9 Å². The first-order chi connectivity index (χ1) is 26.1. The number of aromatic nitrogens is 2. The van der Waals surface area contributed by atoms with Crippen molar-refractivity contribution >= 4 is 56.8 Å². The molecule has 15 heteroatoms. The molecule has 0 radical (unpaired) electrons. The lowest BCUT2D eigenvalue weighted by atomic mass is 9.81. The second kappa shape index (κ2) is 18.7. The average molecular weight is 774 g/mol. The van der Waals surface area contributed by atoms with Gasteiger partial charge in [-0.3, -0.25) is 14.9 Å². The summed E-state index contributed by atoms with van der Waals surface area (Å²) < 4.78 is 34.6. The normalized spacial score (nSPS) is 16.6. The maximum atomic E-state index is 14.3. The molecule has 1 aliphatic rings. The molecule has 0 bridgehead atoms. The third-order valence-corrected chi connectivity index (χ3v) is 12.0. The third kappa shape index (κ3) is 10.3. The first-order valence-corrected chi connectivity index (χ1v) is 20.8. The molecule has 0 fully saturated rings. The summed E-state index contributed by atoms with van der Waals surface area (Å²) in [6, 6.07) is 22.0. The van der Waals surface area contributed by atoms with Crippen LogP contribution < -0.4 is 30.9 Å². The Bertz CT molecular complexity index is 1990. The molecule has 1 aromatic heterocycles. The zero-order valence-electron chi connectivity index (χ0n) is 30.7. The van der Waals surface area contributed by atoms with Crippen molar-refractivity contribution in [3.05, 3.63) is 96.8 Å². The number of carbonyl (C=O) groups is 3. The molecule has 54 heavy (non-hydrogen) atoms. The fourth-order valence-corrected chi connectivity index (χ4v) is 9.13. The molecular formula is C39H47N7O6S2. The number of thioether (sulfide) groups is 1. The van der Waals surface area contributed by atoms with Crippen molar-refractivity contribution in [2.75, 3.05) is 48.5 Å². The first-order valence-electron chi connectivity index (χ1n) is 17.9. The van der Waals surface area contributed by atoms with Crippen LogP contribution in [0.25, 0.3) is 0 Å². The Morgan fingerprint density at radius 1 is 0.944 bits per heavy atom. The van der Waals surface area contributed by atoms with Crippen LogP contribution >= 0.6 is 11.8 Å². The van der Waals surface area contributed by atoms with Gasteiger partial charge in [-0.15, -0.1) is 11.8 Å². The molecule has 4 N–H and O–H groups in total. The second-order valence-electron chi connectivity index (χ2n) is 13.1. The summed E-state index contributed by atoms with van der Waals surface area (Å²) in [6.45, 7) is 4.43. The van der Waals surface area contributed by atoms with Gasteiger partial charge in [0.05, 0.1) is 21.2 Å². The Balaban J connectivity index is 1.31. The molecular weight excluding hydrogens is 727 g/mol. The van der Waals surface area contributed by atoms with Crippen LogP contribution in [-0.4, -0.2) is 74.5 Å². The summed E-state index contributed by atoms with van der Waals surface area (Å²) in [4.78, 5) is 49.7. The van der Waals surface area contributed by atoms with Crippen LogP contribution in [0.1, 0.15) is 51.1 Å². The van der Waals surface area contributed by atoms with E-state index >= 15 is 0 Å². The van der Waals surface area contributed by atoms with Crippen molar-refractivity contribution in [1.29, 1.82) is 0 Å². The molecule has 1 aliphatic heterocycles. The van der Waals surface area contributed by atoms with Crippen LogP contribution in [0.3, 0.4) is 0 Å². The predicted molar refractivity (Wildman–Crippen MR) is 211 cm³/mol. The molecule has 0 saturated carbocycles. The zero-order chi connectivity index (χ0) is 38.6. The molecule has 3 aromatic carbocycles. The summed E-state index contributed by atoms with van der Waals surface area (Å²) in [5, 5.41) is 10.6. The Morgan fingerprint density at radius 2 is 1.63 bits per heavy atom. The van der Waals surface area contributed by atoms with Crippen LogP contribution in [-0.2, 0) is 19.4 Å². The van der Waals surface area contributed by atoms with E-state index in [1.165, 1.54) is 24.2 Å². The number of amides is 4. The van der Waals surface area contributed by atoms with Gasteiger partial charge in [-0.25, -0.2) is 23.2 Å². The van der Waals surface area contributed by atoms with Crippen molar-refractivity contribution in [3.8, 4) is 5.75 Å². The number of carbonyl (C=O) groups excluding carboxylic acids is 3. The lowest BCUT2D eigenvalue weighted by Gasteiger charge is -2.36. The number of urea groups is 1. The monoisotopic (exact) mass is 773 g/mol. The van der Waals surface area contributed by atoms with Crippen LogP contribution in [0.4, 0.5) is 22.1 Å². The van der Waals surface area contributed by atoms with Crippen molar-refractivity contribution in [2.45, 2.75) is 55.4 Å². The highest BCUT2D eigenvalue weighted by Gasteiger charge is 2.42. The number of nitrogens with one attached hydrogen (secondary N) is 4. The highest BCUT2D eigenvalue weighted by atomic mass is 32.2. The Labute approximate surface area is 321 Å². The molecule has 286 valence electrons. The van der Waals surface area contributed by atoms with E-state index in [9.17, 15) is 22.8 Å². The van der Waals surface area contributed by atoms with E-state index in [0.717, 1.165) is 24.9 Å². The summed E-state index contributed by atoms with van der Waals surface area (Å²) in [7, 11) is -3.78. The van der Waals surface area contributed by atoms with Gasteiger partial charge in [0.15, 0.2) is 16.4 Å². The highest BCUT2D eigenvalue weighted by Crippen LogP contribution is 2.47. The van der Waals surface area contributed by atoms with Crippen molar-refractivity contribution in [2.24, 2.45) is 5.41 Å². The van der Waals surface area contributed by atoms with Crippen LogP contribution in [0.5, 0.6) is 5.75 Å². The number of rotatable bonds is 16. The number of anilines is 3. The van der Waals surface area contributed by atoms with Gasteiger partial charge in [0.25, 0.3) is 5.91 Å². The topological polar surface area (TPSA) is 172 Å². The average Bonchev–Trinajstić information content (AvgIpc) is 3.28. The maximum absolute atomic E-state index is 14.3. The lowest BCUT2D eigenvalue weighted by Crippen LogP contribution is -2.44. The number of hydrogen-bond donors (Lipinski definition) is 4. The van der Waals surface area contributed by atoms with Gasteiger partial charge in [-0.2, -0.15) is 0 Å². The van der Waals surface area contributed by atoms with E-state index in [1.807, 2.05) is 42.7 Å². The molecule has 13 nitrogen and oxygen atoms in total. The largest absolute Gasteiger partial charge is 0.483 e. The summed E-state index contributed by atoms with van der Waals surface area (Å²) in [5.74, 6) is -0.676. The smallest absolute Gasteiger partial charge is 0.321 e. The predicted octanol–water partition coefficient (Wildman–Crippen LogP) is 5.88. The Kier molecular flexibility index (Phi) is 13.9. The minimum atomic E-state index is -3.78. The summed E-state index contributed by atoms with van der Waals surface area (Å²) >= 11 is 1.39. The maximum Gasteiger partial charge on any atom is 0.321 e. The SMILES string of the molecule is CCCCC1(CC)CN(c2ccccc2)c2cc(SC)c(OCC(=O)NC(C(=O)NCCNC(=O)Nc3ncccn3)c3ccccc3)cc2S(=O)(=O)C1. The lowest BCUT2D eigenvalue weighted by molar-refractivity contribution is -0.130. The number of nitrogens with zero attached hydrogens (tertiary/aromatic N) is 3. The standard InChI is InChI=1S/C39H47N7O6S2/c1-4-6-18-39(5-2)26-46(29-16-11-8-12-17-29)30-23-32(53-3)31(24-33(30)54(50,51)27-39)52-25-34(47)44-35(28-14-9-7-10-15-28)36(48)40-21-22-43-38(49)45-37-41-19-13-20-42-37/h7-17,19-20,23-24,35H,4-6,18,21-22,25-27H2,1-3H3,(H,40,48)(H,44,47)(H2,41,42,43,45,49). The molecule has 4 aromatic rings. The summed E-state index contributed by atoms with van der Waals surface area (Å²) in [5.41, 5.74) is 1.56. The van der Waals surface area contributed by atoms with Gasteiger partial charge in [0.1, 0.15) is 11.8 Å². The molecule has 2 heterocycles. The van der Waals surface area contributed by atoms with E-state index in [1.54, 1.807) is 42.5 Å². The number of sulfone groups is 1. The van der Waals surface area contributed by atoms with E-state index in [0.29, 0.717) is 29.1 Å². The van der Waals surface area contributed by atoms with Gasteiger partial charge in [0, 0.05) is 49.2 Å². The van der Waals surface area contributed by atoms with Gasteiger partial charge in [-0.05, 0) is 48.9 Å². The van der Waals surface area contributed by atoms with Gasteiger partial charge in [0.2, 0.25) is 11.9 Å². The fourth-order valence-electron chi connectivity index (χ4n) is 6.41. The third-order valence-electron chi connectivity index (χ3n) is 9.30. The molecule has 2 atom stereocenters. The van der Waals surface area contributed by atoms with E-state index < -0.39 is 45.7 Å². The quantitative estimate of drug-likeness (QED) is 0.0796. The molecule has 0 spiro atoms. The second-order valence-corrected chi connectivity index (χ2v) is 15.9. The van der Waals surface area contributed by atoms with Crippen molar-refractivity contribution < 1.29 is 27.5 Å². The Hall–Kier alpha value is -5.15. The molecule has 2 unspecified atom stereocenters. The molecule has 4 amide bonds. The Morgan fingerprint density at radius 3 is 2.30 bits per heavy atom. The number of para-hydroxylation sites is 1. The first kappa shape index (κ1) is 40.0. The highest BCUT2D eigenvalue weighted by molar-refractivity contribution is 7.98. The minimum absolute atomic E-state index is 0.000869. The van der Waals surface area contributed by atoms with Gasteiger partial charge >= 0.3 is 6.03 Å². The van der Waals surface area contributed by atoms with Crippen LogP contribution in [0, 0.1) is 5.41 Å². The number of ether oxygens (including phenoxy) is 1. The fraction of sp³-hybridized carbons (Fsp3) is 0.359. The van der Waals surface area contributed by atoms with Gasteiger partial charge in [-0.1, -0.05) is 75.2 Å². The number of fused-ring (bicyclic) bond motifs is 1. The molecule has 0 aliphatic carbocycles. The van der Waals surface area contributed by atoms with E-state index in [4.69, 9.17) is 4.74 Å². The number of unbranched alkanes of at least 4 members (excludes halogenated alkanes) is 1. The van der Waals surface area contributed by atoms with Crippen LogP contribution in [0.15, 0.2) is 101 Å². The molecule has 0 saturated heterocycles. The summed E-state index contributed by atoms with van der Waals surface area (Å²) in [6.07, 6.45) is 8.22. The number of hydrogen-bond acceptors (Lipinski definition) is 10. The van der Waals surface area contributed by atoms with E-state index in [2.05, 4.69) is 50.0 Å². The van der Waals surface area contributed by atoms with Gasteiger partial charge < -0.3 is 25.6 Å². The van der Waals surface area contributed by atoms with E-state index in [-0.39, 0.29) is 35.4 Å². The van der Waals surface area contributed by atoms with Crippen LogP contribution in [0.2, 0.25) is 0 Å². The molecule has 5 rings (SSSR count). The number of benzene rings is 3. The zero-order valence-corrected chi connectivity index (χ0v) is 32.3. The van der Waals surface area contributed by atoms with Crippen molar-refractivity contribution in [3.63, 3.8) is 0 Å². The minimum Gasteiger partial charge on any atom is -0.483 e.